The van der Waals surface area contributed by atoms with Crippen molar-refractivity contribution in [3.05, 3.63) is 90.5 Å². The summed E-state index contributed by atoms with van der Waals surface area (Å²) < 4.78 is 64.9. The lowest BCUT2D eigenvalue weighted by Gasteiger charge is -2.18. The molecular weight excluding hydrogens is 481 g/mol. The van der Waals surface area contributed by atoms with Crippen molar-refractivity contribution in [2.24, 2.45) is 0 Å². The van der Waals surface area contributed by atoms with Gasteiger partial charge in [0.1, 0.15) is 0 Å². The first kappa shape index (κ1) is 25.7. The number of halogens is 3. The van der Waals surface area contributed by atoms with Gasteiger partial charge in [-0.15, -0.1) is 0 Å². The smallest absolute Gasteiger partial charge is 0.326 e. The highest BCUT2D eigenvalue weighted by atomic mass is 32.2. The number of sulfone groups is 1. The van der Waals surface area contributed by atoms with E-state index >= 15 is 0 Å². The Labute approximate surface area is 200 Å². The van der Waals surface area contributed by atoms with Gasteiger partial charge < -0.3 is 10.6 Å². The first-order valence-corrected chi connectivity index (χ1v) is 12.1. The molecule has 0 atom stereocenters. The second kappa shape index (κ2) is 10.1. The van der Waals surface area contributed by atoms with Gasteiger partial charge >= 0.3 is 6.18 Å². The normalized spacial score (nSPS) is 11.5. The monoisotopic (exact) mass is 502 g/mol. The molecule has 0 spiro atoms. The largest absolute Gasteiger partial charge is 0.417 e. The van der Waals surface area contributed by atoms with E-state index in [0.717, 1.165) is 18.4 Å². The number of rotatable bonds is 7. The molecule has 0 aliphatic heterocycles. The van der Waals surface area contributed by atoms with E-state index in [1.54, 1.807) is 12.1 Å². The summed E-state index contributed by atoms with van der Waals surface area (Å²) in [7, 11) is -3.39. The Morgan fingerprint density at radius 1 is 0.943 bits per heavy atom. The highest BCUT2D eigenvalue weighted by molar-refractivity contribution is 7.90. The van der Waals surface area contributed by atoms with E-state index in [2.05, 4.69) is 17.2 Å². The molecule has 182 valence electrons. The molecule has 0 bridgehead atoms. The van der Waals surface area contributed by atoms with Crippen LogP contribution in [0.5, 0.6) is 0 Å². The van der Waals surface area contributed by atoms with Gasteiger partial charge in [0.05, 0.1) is 16.9 Å². The van der Waals surface area contributed by atoms with Crippen LogP contribution in [0.25, 0.3) is 11.1 Å². The predicted octanol–water partition coefficient (Wildman–Crippen LogP) is 5.08. The molecule has 2 amide bonds. The minimum Gasteiger partial charge on any atom is -0.326 e. The third-order valence-corrected chi connectivity index (χ3v) is 6.11. The van der Waals surface area contributed by atoms with Crippen LogP contribution in [-0.4, -0.2) is 26.5 Å². The van der Waals surface area contributed by atoms with E-state index < -0.39 is 33.4 Å². The fourth-order valence-corrected chi connectivity index (χ4v) is 3.98. The first-order valence-electron chi connectivity index (χ1n) is 10.2. The van der Waals surface area contributed by atoms with Crippen molar-refractivity contribution < 1.29 is 31.2 Å². The molecule has 0 heterocycles. The zero-order valence-corrected chi connectivity index (χ0v) is 19.3. The van der Waals surface area contributed by atoms with E-state index in [0.29, 0.717) is 5.56 Å². The summed E-state index contributed by atoms with van der Waals surface area (Å²) in [4.78, 5) is 24.2. The van der Waals surface area contributed by atoms with Crippen LogP contribution in [0.15, 0.2) is 84.3 Å². The summed E-state index contributed by atoms with van der Waals surface area (Å²) >= 11 is 0. The van der Waals surface area contributed by atoms with Gasteiger partial charge in [0.25, 0.3) is 0 Å². The number of carbonyl (C=O) groups is 2. The molecule has 2 N–H and O–H groups in total. The molecule has 0 aliphatic rings. The molecule has 3 rings (SSSR count). The quantitative estimate of drug-likeness (QED) is 0.441. The highest BCUT2D eigenvalue weighted by Gasteiger charge is 2.34. The van der Waals surface area contributed by atoms with Crippen LogP contribution >= 0.6 is 0 Å². The van der Waals surface area contributed by atoms with Gasteiger partial charge in [-0.05, 0) is 47.5 Å². The Kier molecular flexibility index (Phi) is 7.45. The van der Waals surface area contributed by atoms with Crippen LogP contribution < -0.4 is 10.6 Å². The molecule has 0 fully saturated rings. The number of nitrogens with one attached hydrogen (secondary N) is 2. The van der Waals surface area contributed by atoms with Gasteiger partial charge in [0.15, 0.2) is 9.84 Å². The maximum Gasteiger partial charge on any atom is 0.417 e. The number of carbonyl (C=O) groups excluding carboxylic acids is 2. The molecule has 0 saturated heterocycles. The van der Waals surface area contributed by atoms with Gasteiger partial charge in [0, 0.05) is 23.2 Å². The molecular formula is C25H21F3N2O4S. The molecule has 0 aromatic heterocycles. The molecule has 10 heteroatoms. The van der Waals surface area contributed by atoms with Gasteiger partial charge in [-0.25, -0.2) is 8.42 Å². The highest BCUT2D eigenvalue weighted by Crippen LogP contribution is 2.41. The summed E-state index contributed by atoms with van der Waals surface area (Å²) in [6.45, 7) is 3.34. The fourth-order valence-electron chi connectivity index (χ4n) is 3.35. The zero-order valence-electron chi connectivity index (χ0n) is 18.5. The Morgan fingerprint density at radius 2 is 1.60 bits per heavy atom. The van der Waals surface area contributed by atoms with Crippen LogP contribution in [-0.2, 0) is 32.0 Å². The number of hydrogen-bond donors (Lipinski definition) is 2. The fraction of sp³-hybridized carbons (Fsp3) is 0.120. The summed E-state index contributed by atoms with van der Waals surface area (Å²) in [6, 6.07) is 15.1. The predicted molar refractivity (Wildman–Crippen MR) is 128 cm³/mol. The van der Waals surface area contributed by atoms with Gasteiger partial charge in [-0.2, -0.15) is 13.2 Å². The van der Waals surface area contributed by atoms with Crippen LogP contribution in [0.4, 0.5) is 24.5 Å². The van der Waals surface area contributed by atoms with Crippen molar-refractivity contribution in [1.82, 2.24) is 0 Å². The van der Waals surface area contributed by atoms with E-state index in [-0.39, 0.29) is 33.8 Å². The third-order valence-electron chi connectivity index (χ3n) is 4.99. The van der Waals surface area contributed by atoms with E-state index in [9.17, 15) is 31.2 Å². The molecule has 0 unspecified atom stereocenters. The second-order valence-corrected chi connectivity index (χ2v) is 9.65. The van der Waals surface area contributed by atoms with Crippen molar-refractivity contribution >= 4 is 33.0 Å². The van der Waals surface area contributed by atoms with Gasteiger partial charge in [-0.1, -0.05) is 43.0 Å². The summed E-state index contributed by atoms with van der Waals surface area (Å²) in [6.07, 6.45) is -2.84. The molecule has 3 aromatic carbocycles. The lowest BCUT2D eigenvalue weighted by molar-refractivity contribution is -0.137. The van der Waals surface area contributed by atoms with E-state index in [4.69, 9.17) is 0 Å². The average Bonchev–Trinajstić information content (AvgIpc) is 2.78. The zero-order chi connectivity index (χ0) is 25.8. The molecule has 3 aromatic rings. The Morgan fingerprint density at radius 3 is 2.20 bits per heavy atom. The van der Waals surface area contributed by atoms with Crippen molar-refractivity contribution in [3.63, 3.8) is 0 Å². The molecule has 0 radical (unpaired) electrons. The van der Waals surface area contributed by atoms with E-state index in [1.165, 1.54) is 48.5 Å². The van der Waals surface area contributed by atoms with Crippen LogP contribution in [0, 0.1) is 0 Å². The lowest BCUT2D eigenvalue weighted by Crippen LogP contribution is -2.16. The second-order valence-electron chi connectivity index (χ2n) is 7.64. The van der Waals surface area contributed by atoms with Gasteiger partial charge in [-0.3, -0.25) is 9.59 Å². The number of para-hydroxylation sites is 1. The molecule has 6 nitrogen and oxygen atoms in total. The van der Waals surface area contributed by atoms with Crippen LogP contribution in [0.3, 0.4) is 0 Å². The minimum atomic E-state index is -4.74. The molecule has 0 saturated carbocycles. The SMILES string of the molecule is C=CC(=O)Nc1ccccc1-c1ccc(NC(=O)Cc2ccc(S(C)(=O)=O)cc2)cc1C(F)(F)F. The Bertz CT molecular complexity index is 1380. The standard InChI is InChI=1S/C25H21F3N2O4S/c1-3-23(31)30-22-7-5-4-6-20(22)19-13-10-17(15-21(19)25(26,27)28)29-24(32)14-16-8-11-18(12-9-16)35(2,33)34/h3-13,15H,1,14H2,2H3,(H,29,32)(H,30,31). The summed E-state index contributed by atoms with van der Waals surface area (Å²) in [5.41, 5.74) is -0.406. The maximum atomic E-state index is 13.9. The van der Waals surface area contributed by atoms with Crippen molar-refractivity contribution in [3.8, 4) is 11.1 Å². The van der Waals surface area contributed by atoms with Crippen LogP contribution in [0.2, 0.25) is 0 Å². The number of amides is 2. The Hall–Kier alpha value is -3.92. The maximum absolute atomic E-state index is 13.9. The number of anilines is 2. The van der Waals surface area contributed by atoms with E-state index in [1.807, 2.05) is 0 Å². The average molecular weight is 503 g/mol. The van der Waals surface area contributed by atoms with Crippen LogP contribution in [0.1, 0.15) is 11.1 Å². The molecule has 0 aliphatic carbocycles. The Balaban J connectivity index is 1.88. The number of benzene rings is 3. The third kappa shape index (κ3) is 6.57. The summed E-state index contributed by atoms with van der Waals surface area (Å²) in [5.74, 6) is -1.14. The first-order chi connectivity index (χ1) is 16.4. The molecule has 35 heavy (non-hydrogen) atoms. The van der Waals surface area contributed by atoms with Crippen molar-refractivity contribution in [2.45, 2.75) is 17.5 Å². The number of hydrogen-bond acceptors (Lipinski definition) is 4. The number of alkyl halides is 3. The van der Waals surface area contributed by atoms with Crippen molar-refractivity contribution in [2.75, 3.05) is 16.9 Å². The van der Waals surface area contributed by atoms with Crippen molar-refractivity contribution in [1.29, 1.82) is 0 Å². The van der Waals surface area contributed by atoms with Gasteiger partial charge in [0.2, 0.25) is 11.8 Å². The lowest BCUT2D eigenvalue weighted by atomic mass is 9.97. The minimum absolute atomic E-state index is 0.0635. The topological polar surface area (TPSA) is 92.3 Å². The summed E-state index contributed by atoms with van der Waals surface area (Å²) in [5, 5.41) is 4.94.